The Morgan fingerprint density at radius 1 is 1.19 bits per heavy atom. The lowest BCUT2D eigenvalue weighted by Crippen LogP contribution is -2.14. The summed E-state index contributed by atoms with van der Waals surface area (Å²) in [6.45, 7) is 2.56. The smallest absolute Gasteiger partial charge is 0.234 e. The second-order valence-corrected chi connectivity index (χ2v) is 6.83. The van der Waals surface area contributed by atoms with Crippen LogP contribution in [-0.4, -0.2) is 33.2 Å². The number of hydrogen-bond donors (Lipinski definition) is 2. The average Bonchev–Trinajstić information content (AvgIpc) is 3.09. The monoisotopic (exact) mass is 378 g/mol. The van der Waals surface area contributed by atoms with Gasteiger partial charge in [0, 0.05) is 17.6 Å². The highest BCUT2D eigenvalue weighted by atomic mass is 32.2. The molecule has 2 heterocycles. The van der Waals surface area contributed by atoms with E-state index in [-0.39, 0.29) is 11.7 Å². The molecule has 4 aromatic rings. The lowest BCUT2D eigenvalue weighted by Gasteiger charge is -2.07. The predicted octanol–water partition coefficient (Wildman–Crippen LogP) is 4.24. The maximum Gasteiger partial charge on any atom is 0.234 e. The summed E-state index contributed by atoms with van der Waals surface area (Å²) in [5.41, 5.74) is 3.35. The van der Waals surface area contributed by atoms with Gasteiger partial charge >= 0.3 is 0 Å². The van der Waals surface area contributed by atoms with Gasteiger partial charge in [0.2, 0.25) is 5.91 Å². The van der Waals surface area contributed by atoms with E-state index in [1.165, 1.54) is 11.8 Å². The number of rotatable bonds is 6. The van der Waals surface area contributed by atoms with Crippen molar-refractivity contribution in [3.8, 4) is 5.75 Å². The Bertz CT molecular complexity index is 1100. The summed E-state index contributed by atoms with van der Waals surface area (Å²) >= 11 is 1.36. The van der Waals surface area contributed by atoms with E-state index in [0.29, 0.717) is 11.8 Å². The highest BCUT2D eigenvalue weighted by molar-refractivity contribution is 7.99. The number of benzene rings is 2. The highest BCUT2D eigenvalue weighted by Crippen LogP contribution is 2.24. The number of imidazole rings is 1. The molecule has 0 aliphatic rings. The van der Waals surface area contributed by atoms with Gasteiger partial charge < -0.3 is 15.0 Å². The number of amides is 1. The molecule has 0 saturated carbocycles. The van der Waals surface area contributed by atoms with Crippen molar-refractivity contribution >= 4 is 45.3 Å². The third kappa shape index (κ3) is 3.88. The Morgan fingerprint density at radius 3 is 3.00 bits per heavy atom. The van der Waals surface area contributed by atoms with Crippen LogP contribution >= 0.6 is 11.8 Å². The summed E-state index contributed by atoms with van der Waals surface area (Å²) in [6, 6.07) is 15.2. The van der Waals surface area contributed by atoms with Crippen LogP contribution in [0, 0.1) is 0 Å². The number of nitrogens with zero attached hydrogens (tertiary/aromatic N) is 2. The molecule has 4 rings (SSSR count). The van der Waals surface area contributed by atoms with E-state index in [4.69, 9.17) is 4.74 Å². The van der Waals surface area contributed by atoms with Crippen molar-refractivity contribution in [2.24, 2.45) is 0 Å². The second-order valence-electron chi connectivity index (χ2n) is 5.87. The Morgan fingerprint density at radius 2 is 2.11 bits per heavy atom. The van der Waals surface area contributed by atoms with Gasteiger partial charge in [-0.3, -0.25) is 9.78 Å². The maximum absolute atomic E-state index is 12.4. The molecular weight excluding hydrogens is 360 g/mol. The van der Waals surface area contributed by atoms with Crippen molar-refractivity contribution in [2.75, 3.05) is 17.7 Å². The predicted molar refractivity (Wildman–Crippen MR) is 108 cm³/mol. The van der Waals surface area contributed by atoms with Gasteiger partial charge in [0.15, 0.2) is 5.16 Å². The minimum absolute atomic E-state index is 0.0909. The van der Waals surface area contributed by atoms with Crippen LogP contribution in [0.1, 0.15) is 6.92 Å². The third-order valence-electron chi connectivity index (χ3n) is 4.00. The van der Waals surface area contributed by atoms with Crippen LogP contribution in [-0.2, 0) is 4.79 Å². The van der Waals surface area contributed by atoms with Crippen LogP contribution in [0.15, 0.2) is 59.9 Å². The summed E-state index contributed by atoms with van der Waals surface area (Å²) < 4.78 is 5.50. The topological polar surface area (TPSA) is 79.9 Å². The normalized spacial score (nSPS) is 11.0. The number of ether oxygens (including phenoxy) is 1. The maximum atomic E-state index is 12.4. The molecule has 2 N–H and O–H groups in total. The lowest BCUT2D eigenvalue weighted by molar-refractivity contribution is -0.113. The van der Waals surface area contributed by atoms with Crippen molar-refractivity contribution in [2.45, 2.75) is 12.1 Å². The van der Waals surface area contributed by atoms with E-state index >= 15 is 0 Å². The number of hydrogen-bond acceptors (Lipinski definition) is 5. The molecule has 0 aliphatic carbocycles. The average molecular weight is 378 g/mol. The van der Waals surface area contributed by atoms with E-state index in [0.717, 1.165) is 33.4 Å². The Hall–Kier alpha value is -3.06. The van der Waals surface area contributed by atoms with Gasteiger partial charge in [-0.1, -0.05) is 17.8 Å². The number of H-pyrrole nitrogens is 1. The van der Waals surface area contributed by atoms with Crippen LogP contribution in [0.25, 0.3) is 21.9 Å². The fourth-order valence-electron chi connectivity index (χ4n) is 2.82. The largest absolute Gasteiger partial charge is 0.494 e. The first-order valence-corrected chi connectivity index (χ1v) is 9.60. The Kier molecular flexibility index (Phi) is 4.93. The Balaban J connectivity index is 1.43. The van der Waals surface area contributed by atoms with E-state index in [1.54, 1.807) is 6.20 Å². The van der Waals surface area contributed by atoms with E-state index < -0.39 is 0 Å². The van der Waals surface area contributed by atoms with Gasteiger partial charge in [0.25, 0.3) is 0 Å². The Labute approximate surface area is 160 Å². The number of nitrogens with one attached hydrogen (secondary N) is 2. The summed E-state index contributed by atoms with van der Waals surface area (Å²) in [5, 5.41) is 4.58. The first-order chi connectivity index (χ1) is 13.2. The molecule has 0 aliphatic heterocycles. The van der Waals surface area contributed by atoms with Crippen LogP contribution in [0.5, 0.6) is 5.75 Å². The molecule has 0 radical (unpaired) electrons. The zero-order chi connectivity index (χ0) is 18.6. The number of carbonyl (C=O) groups excluding carboxylic acids is 1. The van der Waals surface area contributed by atoms with E-state index in [9.17, 15) is 4.79 Å². The molecule has 6 nitrogen and oxygen atoms in total. The quantitative estimate of drug-likeness (QED) is 0.491. The fraction of sp³-hybridized carbons (Fsp3) is 0.150. The first kappa shape index (κ1) is 17.4. The van der Waals surface area contributed by atoms with Gasteiger partial charge in [0.1, 0.15) is 5.75 Å². The SMILES string of the molecule is CCOc1ccc2nc(SCC(=O)Nc3cccc4ncccc34)[nH]c2c1. The van der Waals surface area contributed by atoms with Crippen molar-refractivity contribution in [3.05, 3.63) is 54.7 Å². The van der Waals surface area contributed by atoms with Crippen LogP contribution in [0.3, 0.4) is 0 Å². The standard InChI is InChI=1S/C20H18N4O2S/c1-2-26-13-8-9-17-18(11-13)24-20(23-17)27-12-19(25)22-16-7-3-6-15-14(16)5-4-10-21-15/h3-11H,2,12H2,1H3,(H,22,25)(H,23,24). The van der Waals surface area contributed by atoms with Crippen LogP contribution in [0.2, 0.25) is 0 Å². The molecule has 1 amide bonds. The zero-order valence-corrected chi connectivity index (χ0v) is 15.5. The van der Waals surface area contributed by atoms with Gasteiger partial charge in [-0.2, -0.15) is 0 Å². The highest BCUT2D eigenvalue weighted by Gasteiger charge is 2.10. The molecule has 0 fully saturated rings. The van der Waals surface area contributed by atoms with Crippen LogP contribution in [0.4, 0.5) is 5.69 Å². The number of pyridine rings is 1. The van der Waals surface area contributed by atoms with Crippen molar-refractivity contribution in [1.82, 2.24) is 15.0 Å². The molecule has 7 heteroatoms. The molecule has 0 unspecified atom stereocenters. The first-order valence-electron chi connectivity index (χ1n) is 8.62. The van der Waals surface area contributed by atoms with Crippen molar-refractivity contribution in [3.63, 3.8) is 0 Å². The van der Waals surface area contributed by atoms with Crippen molar-refractivity contribution in [1.29, 1.82) is 0 Å². The van der Waals surface area contributed by atoms with Gasteiger partial charge in [-0.25, -0.2) is 4.98 Å². The minimum Gasteiger partial charge on any atom is -0.494 e. The zero-order valence-electron chi connectivity index (χ0n) is 14.7. The molecule has 0 atom stereocenters. The molecule has 27 heavy (non-hydrogen) atoms. The molecule has 136 valence electrons. The number of aromatic nitrogens is 3. The molecule has 0 saturated heterocycles. The van der Waals surface area contributed by atoms with E-state index in [1.807, 2.05) is 55.5 Å². The summed E-state index contributed by atoms with van der Waals surface area (Å²) in [7, 11) is 0. The van der Waals surface area contributed by atoms with Gasteiger partial charge in [0.05, 0.1) is 34.6 Å². The van der Waals surface area contributed by atoms with Crippen molar-refractivity contribution < 1.29 is 9.53 Å². The fourth-order valence-corrected chi connectivity index (χ4v) is 3.51. The number of fused-ring (bicyclic) bond motifs is 2. The summed E-state index contributed by atoms with van der Waals surface area (Å²) in [4.78, 5) is 24.4. The molecule has 2 aromatic carbocycles. The number of thioether (sulfide) groups is 1. The van der Waals surface area contributed by atoms with Crippen LogP contribution < -0.4 is 10.1 Å². The van der Waals surface area contributed by atoms with E-state index in [2.05, 4.69) is 20.3 Å². The van der Waals surface area contributed by atoms with Gasteiger partial charge in [-0.15, -0.1) is 0 Å². The summed E-state index contributed by atoms with van der Waals surface area (Å²) in [6.07, 6.45) is 1.74. The third-order valence-corrected chi connectivity index (χ3v) is 4.88. The summed E-state index contributed by atoms with van der Waals surface area (Å²) in [5.74, 6) is 0.966. The number of aromatic amines is 1. The molecule has 0 bridgehead atoms. The molecule has 0 spiro atoms. The number of anilines is 1. The second kappa shape index (κ2) is 7.67. The number of carbonyl (C=O) groups is 1. The molecular formula is C20H18N4O2S. The molecule has 2 aromatic heterocycles. The van der Waals surface area contributed by atoms with Gasteiger partial charge in [-0.05, 0) is 43.3 Å². The lowest BCUT2D eigenvalue weighted by atomic mass is 10.2. The minimum atomic E-state index is -0.0909.